The monoisotopic (exact) mass is 1100 g/mol. The molecule has 7 atom stereocenters. The van der Waals surface area contributed by atoms with Crippen LogP contribution in [-0.4, -0.2) is 104 Å². The molecule has 17 nitrogen and oxygen atoms in total. The van der Waals surface area contributed by atoms with Gasteiger partial charge in [-0.3, -0.25) is 39.0 Å². The first-order valence-corrected chi connectivity index (χ1v) is 28.8. The van der Waals surface area contributed by atoms with Crippen LogP contribution in [0.4, 0.5) is 0 Å². The first kappa shape index (κ1) is 62.1. The number of aryl methyl sites for hydroxylation is 2. The molecule has 7 amide bonds. The first-order chi connectivity index (χ1) is 38.6. The van der Waals surface area contributed by atoms with Crippen LogP contribution in [0.25, 0.3) is 0 Å². The fourth-order valence-corrected chi connectivity index (χ4v) is 11.3. The van der Waals surface area contributed by atoms with Crippen molar-refractivity contribution in [2.75, 3.05) is 33.7 Å². The van der Waals surface area contributed by atoms with Gasteiger partial charge >= 0.3 is 0 Å². The van der Waals surface area contributed by atoms with Crippen LogP contribution in [0.2, 0.25) is 0 Å². The Labute approximate surface area is 473 Å². The van der Waals surface area contributed by atoms with Crippen LogP contribution >= 0.6 is 0 Å². The van der Waals surface area contributed by atoms with Crippen LogP contribution < -0.4 is 42.1 Å². The molecule has 0 radical (unpaired) electrons. The van der Waals surface area contributed by atoms with E-state index >= 15 is 0 Å². The number of likely N-dealkylation sites (tertiary alicyclic amines) is 1. The largest absolute Gasteiger partial charge is 0.489 e. The number of ether oxygens (including phenoxy) is 1. The maximum absolute atomic E-state index is 14.4. The molecule has 0 aromatic heterocycles. The maximum Gasteiger partial charge on any atom is 0.252 e. The molecule has 432 valence electrons. The van der Waals surface area contributed by atoms with Gasteiger partial charge in [-0.15, -0.1) is 0 Å². The second-order valence-electron chi connectivity index (χ2n) is 22.4. The lowest BCUT2D eigenvalue weighted by Crippen LogP contribution is -2.58. The quantitative estimate of drug-likeness (QED) is 0.0394. The van der Waals surface area contributed by atoms with Crippen molar-refractivity contribution in [3.63, 3.8) is 0 Å². The molecule has 80 heavy (non-hydrogen) atoms. The van der Waals surface area contributed by atoms with Crippen LogP contribution in [0.3, 0.4) is 0 Å². The highest BCUT2D eigenvalue weighted by Crippen LogP contribution is 2.34. The van der Waals surface area contributed by atoms with Crippen molar-refractivity contribution < 1.29 is 38.3 Å². The molecule has 0 bridgehead atoms. The minimum absolute atomic E-state index is 0.0329. The summed E-state index contributed by atoms with van der Waals surface area (Å²) >= 11 is 0. The number of amides is 7. The number of fused-ring (bicyclic) bond motifs is 2. The summed E-state index contributed by atoms with van der Waals surface area (Å²) in [5, 5.41) is 19.1. The molecule has 7 N–H and O–H groups in total. The Morgan fingerprint density at radius 1 is 0.713 bits per heavy atom. The second kappa shape index (κ2) is 30.5. The Morgan fingerprint density at radius 2 is 1.30 bits per heavy atom. The molecule has 1 aliphatic heterocycles. The molecule has 8 rings (SSSR count). The zero-order chi connectivity index (χ0) is 57.8. The number of hydrogen-bond acceptors (Lipinski definition) is 10. The maximum atomic E-state index is 14.4. The van der Waals surface area contributed by atoms with Crippen molar-refractivity contribution in [3.8, 4) is 5.75 Å². The first-order valence-electron chi connectivity index (χ1n) is 28.8. The number of likely N-dealkylation sites (N-methyl/N-ethyl adjacent to an activating group) is 2. The molecule has 1 saturated heterocycles. The number of benzene rings is 4. The van der Waals surface area contributed by atoms with E-state index in [1.54, 1.807) is 26.2 Å². The van der Waals surface area contributed by atoms with Gasteiger partial charge < -0.3 is 41.5 Å². The topological polar surface area (TPSA) is 219 Å². The van der Waals surface area contributed by atoms with Crippen molar-refractivity contribution in [1.29, 1.82) is 0 Å². The molecule has 1 heterocycles. The summed E-state index contributed by atoms with van der Waals surface area (Å²) in [7, 11) is 3.34. The molecule has 4 aliphatic rings. The molecular weight excluding hydrogens is 1010 g/mol. The van der Waals surface area contributed by atoms with Gasteiger partial charge in [-0.2, -0.15) is 0 Å². The van der Waals surface area contributed by atoms with Crippen LogP contribution in [0.15, 0.2) is 97.1 Å². The van der Waals surface area contributed by atoms with Crippen molar-refractivity contribution in [2.24, 2.45) is 17.3 Å². The van der Waals surface area contributed by atoms with Crippen molar-refractivity contribution in [2.45, 2.75) is 156 Å². The van der Waals surface area contributed by atoms with Crippen LogP contribution in [-0.2, 0) is 54.8 Å². The van der Waals surface area contributed by atoms with Crippen molar-refractivity contribution in [1.82, 2.24) is 47.2 Å². The molecule has 0 spiro atoms. The molecule has 2 fully saturated rings. The smallest absolute Gasteiger partial charge is 0.252 e. The highest BCUT2D eigenvalue weighted by molar-refractivity contribution is 5.96. The molecule has 4 aromatic carbocycles. The van der Waals surface area contributed by atoms with Gasteiger partial charge in [-0.25, -0.2) is 5.01 Å². The fraction of sp³-hybridized carbons (Fsp3) is 0.508. The Kier molecular flexibility index (Phi) is 23.6. The van der Waals surface area contributed by atoms with Crippen LogP contribution in [0.1, 0.15) is 155 Å². The average molecular weight is 1100 g/mol. The lowest BCUT2D eigenvalue weighted by Gasteiger charge is -2.36. The van der Waals surface area contributed by atoms with Crippen molar-refractivity contribution in [3.05, 3.63) is 136 Å². The molecule has 17 heteroatoms. The number of hydrazine groups is 1. The Bertz CT molecular complexity index is 2690. The second-order valence-corrected chi connectivity index (χ2v) is 22.4. The summed E-state index contributed by atoms with van der Waals surface area (Å²) in [6.45, 7) is 12.4. The standard InChI is InChI=1S/C50H68N8O7.C11H13NO.C2H6/c1-32-12-7-9-15-39(32)48(63)58(56-44(60)28-52-6)29-33-20-24-38(25-21-33)65-31-34-18-22-36(23-19-34)46(61)53-37-26-42(47(62)54-41-17-11-14-35-13-8-10-16-40(35)41)57(30-37)49(64)45(50(2,3)4)55-43(59)27-51-5;13-8-12-11-7-3-5-9-4-1-2-6-10(9)11;1-2/h8,10,13,16,18-25,32,37,39,41-42,45,51-52H,7,9,11-12,14-15,17,26-31H2,1-6H3,(H,53,61)(H,54,62)(H,55,59)(H,56,60);1-2,4,6,8,11H,3,5,7H2,(H,12,13);1-2H3/t32?,37-,39-,41?,42?,45?;;/m0../s1. The van der Waals surface area contributed by atoms with E-state index in [-0.39, 0.29) is 98.6 Å². The molecule has 5 unspecified atom stereocenters. The normalized spacial score (nSPS) is 20.5. The highest BCUT2D eigenvalue weighted by atomic mass is 16.5. The van der Waals surface area contributed by atoms with E-state index in [9.17, 15) is 33.6 Å². The number of nitrogens with zero attached hydrogens (tertiary/aromatic N) is 2. The highest BCUT2D eigenvalue weighted by Gasteiger charge is 2.46. The third kappa shape index (κ3) is 17.2. The van der Waals surface area contributed by atoms with Gasteiger partial charge in [0, 0.05) is 24.1 Å². The Morgan fingerprint density at radius 3 is 1.91 bits per heavy atom. The fourth-order valence-electron chi connectivity index (χ4n) is 11.3. The SMILES string of the molecule is CC.CNCC(=O)NC(C(=O)N1C[C@@H](NC(=O)c2ccc(COc3ccc(CN(NC(=O)CNC)C(=O)[C@H]4CCCCC4C)cc3)cc2)CC1C(=O)NC1CCCc2ccccc21)C(C)(C)C.O=CNC1CCCc2ccccc21. The molecule has 3 aliphatic carbocycles. The number of rotatable bonds is 18. The number of carbonyl (C=O) groups is 7. The van der Waals surface area contributed by atoms with Crippen LogP contribution in [0, 0.1) is 17.3 Å². The summed E-state index contributed by atoms with van der Waals surface area (Å²) in [5.41, 5.74) is 9.19. The van der Waals surface area contributed by atoms with E-state index in [0.717, 1.165) is 80.9 Å². The van der Waals surface area contributed by atoms with E-state index in [1.165, 1.54) is 33.0 Å². The van der Waals surface area contributed by atoms with E-state index in [1.807, 2.05) is 95.3 Å². The summed E-state index contributed by atoms with van der Waals surface area (Å²) < 4.78 is 6.07. The van der Waals surface area contributed by atoms with E-state index in [2.05, 4.69) is 68.5 Å². The summed E-state index contributed by atoms with van der Waals surface area (Å²) in [5.74, 6) is -0.940. The molecular formula is C63H87N9O8. The molecule has 1 saturated carbocycles. The van der Waals surface area contributed by atoms with Gasteiger partial charge in [0.05, 0.1) is 31.7 Å². The Hall–Kier alpha value is -7.11. The molecule has 4 aromatic rings. The van der Waals surface area contributed by atoms with Gasteiger partial charge in [-0.1, -0.05) is 127 Å². The van der Waals surface area contributed by atoms with Crippen LogP contribution in [0.5, 0.6) is 5.75 Å². The third-order valence-electron chi connectivity index (χ3n) is 15.5. The van der Waals surface area contributed by atoms with Gasteiger partial charge in [0.1, 0.15) is 24.4 Å². The zero-order valence-corrected chi connectivity index (χ0v) is 48.3. The minimum atomic E-state index is -0.908. The van der Waals surface area contributed by atoms with Gasteiger partial charge in [0.2, 0.25) is 30.0 Å². The minimum Gasteiger partial charge on any atom is -0.489 e. The summed E-state index contributed by atoms with van der Waals surface area (Å²) in [4.78, 5) is 93.1. The third-order valence-corrected chi connectivity index (χ3v) is 15.5. The van der Waals surface area contributed by atoms with Gasteiger partial charge in [0.25, 0.3) is 11.8 Å². The lowest BCUT2D eigenvalue weighted by atomic mass is 9.80. The van der Waals surface area contributed by atoms with Gasteiger partial charge in [0.15, 0.2) is 0 Å². The average Bonchev–Trinajstić information content (AvgIpc) is 3.91. The Balaban J connectivity index is 0.000000594. The van der Waals surface area contributed by atoms with Crippen molar-refractivity contribution >= 4 is 41.9 Å². The predicted octanol–water partition coefficient (Wildman–Crippen LogP) is 7.15. The van der Waals surface area contributed by atoms with Gasteiger partial charge in [-0.05, 0) is 141 Å². The lowest BCUT2D eigenvalue weighted by molar-refractivity contribution is -0.147. The summed E-state index contributed by atoms with van der Waals surface area (Å²) in [6, 6.07) is 28.7. The number of nitrogens with one attached hydrogen (secondary N) is 7. The van der Waals surface area contributed by atoms with E-state index < -0.39 is 23.5 Å². The zero-order valence-electron chi connectivity index (χ0n) is 48.3. The van der Waals surface area contributed by atoms with E-state index in [0.29, 0.717) is 11.3 Å². The number of carbonyl (C=O) groups excluding carboxylic acids is 7. The predicted molar refractivity (Wildman–Crippen MR) is 311 cm³/mol. The summed E-state index contributed by atoms with van der Waals surface area (Å²) in [6.07, 6.45) is 11.0. The van der Waals surface area contributed by atoms with E-state index in [4.69, 9.17) is 4.74 Å². The number of hydrogen-bond donors (Lipinski definition) is 7.